The molecule has 5 nitrogen and oxygen atoms in total. The first-order valence-corrected chi connectivity index (χ1v) is 6.07. The zero-order valence-corrected chi connectivity index (χ0v) is 14.0. The molecule has 0 aromatic heterocycles. The number of rotatable bonds is 3. The topological polar surface area (TPSA) is 78.1 Å². The number of nitrogens with zero attached hydrogens (tertiary/aromatic N) is 1. The Morgan fingerprint density at radius 1 is 1.35 bits per heavy atom. The van der Waals surface area contributed by atoms with E-state index in [4.69, 9.17) is 0 Å². The maximum Gasteiger partial charge on any atom is 1.00 e. The first kappa shape index (κ1) is 19.3. The molecule has 1 saturated heterocycles. The van der Waals surface area contributed by atoms with Gasteiger partial charge in [0, 0.05) is 26.1 Å². The second-order valence-corrected chi connectivity index (χ2v) is 4.51. The zero-order chi connectivity index (χ0) is 13.0. The molecule has 104 valence electrons. The van der Waals surface area contributed by atoms with Gasteiger partial charge in [-0.1, -0.05) is 30.3 Å². The molecule has 1 unspecified atom stereocenters. The summed E-state index contributed by atoms with van der Waals surface area (Å²) in [6.07, 6.45) is 0.423. The first-order chi connectivity index (χ1) is 8.70. The minimum absolute atomic E-state index is 0. The molecule has 1 fully saturated rings. The predicted octanol–water partition coefficient (Wildman–Crippen LogP) is -2.57. The Kier molecular flexibility index (Phi) is 8.93. The molecule has 1 aromatic carbocycles. The quantitative estimate of drug-likeness (QED) is 0.348. The molecular formula is C14H19NNaO4+. The van der Waals surface area contributed by atoms with Crippen LogP contribution in [0.1, 0.15) is 12.0 Å². The number of piperidine rings is 1. The van der Waals surface area contributed by atoms with E-state index in [-0.39, 0.29) is 40.8 Å². The average molecular weight is 288 g/mol. The van der Waals surface area contributed by atoms with Crippen LogP contribution in [0.25, 0.3) is 0 Å². The van der Waals surface area contributed by atoms with Crippen molar-refractivity contribution in [3.05, 3.63) is 35.9 Å². The average Bonchev–Trinajstić information content (AvgIpc) is 2.41. The van der Waals surface area contributed by atoms with Gasteiger partial charge in [0.05, 0.1) is 7.11 Å². The Morgan fingerprint density at radius 3 is 2.60 bits per heavy atom. The van der Waals surface area contributed by atoms with Crippen LogP contribution in [0.15, 0.2) is 30.3 Å². The van der Waals surface area contributed by atoms with Gasteiger partial charge in [0.25, 0.3) is 0 Å². The van der Waals surface area contributed by atoms with Crippen LogP contribution < -0.4 is 29.6 Å². The molecule has 1 aliphatic heterocycles. The summed E-state index contributed by atoms with van der Waals surface area (Å²) in [7, 11) is 1.33. The van der Waals surface area contributed by atoms with Gasteiger partial charge in [-0.3, -0.25) is 14.5 Å². The molecule has 2 rings (SSSR count). The summed E-state index contributed by atoms with van der Waals surface area (Å²) < 4.78 is 4.67. The molecule has 0 radical (unpaired) electrons. The summed E-state index contributed by atoms with van der Waals surface area (Å²) in [6, 6.07) is 10.0. The van der Waals surface area contributed by atoms with E-state index in [0.717, 1.165) is 6.54 Å². The standard InChI is InChI=1S/C14H17NO3.Na.H2O/c1-18-14(17)12-10-15(8-7-13(12)16)9-11-5-3-2-4-6-11;;/h2-6,12H,7-10H2,1H3;;1H2/q;+1;. The number of benzene rings is 1. The van der Waals surface area contributed by atoms with Gasteiger partial charge >= 0.3 is 35.5 Å². The number of hydrogen-bond acceptors (Lipinski definition) is 4. The number of hydrogen-bond donors (Lipinski definition) is 0. The van der Waals surface area contributed by atoms with Crippen LogP contribution in [0.5, 0.6) is 0 Å². The second kappa shape index (κ2) is 9.26. The monoisotopic (exact) mass is 288 g/mol. The van der Waals surface area contributed by atoms with E-state index in [1.165, 1.54) is 12.7 Å². The number of carbonyl (C=O) groups excluding carboxylic acids is 2. The maximum atomic E-state index is 11.7. The third-order valence-electron chi connectivity index (χ3n) is 3.24. The molecule has 20 heavy (non-hydrogen) atoms. The zero-order valence-electron chi connectivity index (χ0n) is 12.0. The van der Waals surface area contributed by atoms with Crippen molar-refractivity contribution in [2.75, 3.05) is 20.2 Å². The van der Waals surface area contributed by atoms with Gasteiger partial charge in [0.2, 0.25) is 0 Å². The molecule has 0 spiro atoms. The fourth-order valence-corrected chi connectivity index (χ4v) is 2.23. The fraction of sp³-hybridized carbons (Fsp3) is 0.429. The Labute approximate surface area is 140 Å². The van der Waals surface area contributed by atoms with Gasteiger partial charge in [-0.15, -0.1) is 0 Å². The summed E-state index contributed by atoms with van der Waals surface area (Å²) in [6.45, 7) is 1.93. The van der Waals surface area contributed by atoms with Crippen molar-refractivity contribution >= 4 is 11.8 Å². The molecule has 1 aromatic rings. The smallest absolute Gasteiger partial charge is 0.468 e. The van der Waals surface area contributed by atoms with Crippen LogP contribution in [0.2, 0.25) is 0 Å². The van der Waals surface area contributed by atoms with E-state index in [9.17, 15) is 9.59 Å². The van der Waals surface area contributed by atoms with Crippen LogP contribution in [-0.2, 0) is 20.9 Å². The van der Waals surface area contributed by atoms with E-state index in [1.54, 1.807) is 0 Å². The molecule has 6 heteroatoms. The second-order valence-electron chi connectivity index (χ2n) is 4.51. The Balaban J connectivity index is 0.00000180. The minimum Gasteiger partial charge on any atom is -0.468 e. The number of ketones is 1. The van der Waals surface area contributed by atoms with E-state index in [2.05, 4.69) is 9.64 Å². The SMILES string of the molecule is COC(=O)C1CN(Cc2ccccc2)CCC1=O.O.[Na+]. The summed E-state index contributed by atoms with van der Waals surface area (Å²) in [4.78, 5) is 25.3. The Hall–Kier alpha value is -0.720. The van der Waals surface area contributed by atoms with Crippen molar-refractivity contribution in [1.29, 1.82) is 0 Å². The summed E-state index contributed by atoms with van der Waals surface area (Å²) in [5.74, 6) is -1.05. The van der Waals surface area contributed by atoms with Crippen molar-refractivity contribution in [1.82, 2.24) is 4.90 Å². The minimum atomic E-state index is -0.618. The van der Waals surface area contributed by atoms with Crippen LogP contribution in [0, 0.1) is 5.92 Å². The third-order valence-corrected chi connectivity index (χ3v) is 3.24. The number of likely N-dealkylation sites (tertiary alicyclic amines) is 1. The van der Waals surface area contributed by atoms with Gasteiger partial charge in [-0.05, 0) is 5.56 Å². The maximum absolute atomic E-state index is 11.7. The molecular weight excluding hydrogens is 269 g/mol. The molecule has 0 bridgehead atoms. The Morgan fingerprint density at radius 2 is 2.00 bits per heavy atom. The molecule has 1 atom stereocenters. The van der Waals surface area contributed by atoms with E-state index in [1.807, 2.05) is 30.3 Å². The van der Waals surface area contributed by atoms with Crippen molar-refractivity contribution in [3.8, 4) is 0 Å². The fourth-order valence-electron chi connectivity index (χ4n) is 2.23. The van der Waals surface area contributed by atoms with E-state index in [0.29, 0.717) is 19.5 Å². The van der Waals surface area contributed by atoms with Gasteiger partial charge in [0.15, 0.2) is 0 Å². The van der Waals surface area contributed by atoms with Crippen LogP contribution in [0.3, 0.4) is 0 Å². The molecule has 0 amide bonds. The van der Waals surface area contributed by atoms with Gasteiger partial charge in [-0.25, -0.2) is 0 Å². The molecule has 0 aliphatic carbocycles. The van der Waals surface area contributed by atoms with Crippen molar-refractivity contribution < 1.29 is 49.4 Å². The Bertz CT molecular complexity index is 430. The van der Waals surface area contributed by atoms with Crippen LogP contribution >= 0.6 is 0 Å². The molecule has 1 heterocycles. The largest absolute Gasteiger partial charge is 1.00 e. The third kappa shape index (κ3) is 5.00. The summed E-state index contributed by atoms with van der Waals surface area (Å²) in [5, 5.41) is 0. The number of methoxy groups -OCH3 is 1. The summed E-state index contributed by atoms with van der Waals surface area (Å²) >= 11 is 0. The van der Waals surface area contributed by atoms with Crippen LogP contribution in [0.4, 0.5) is 0 Å². The van der Waals surface area contributed by atoms with Gasteiger partial charge < -0.3 is 10.2 Å². The number of Topliss-reactive ketones (excluding diaryl/α,β-unsaturated/α-hetero) is 1. The number of carbonyl (C=O) groups is 2. The van der Waals surface area contributed by atoms with Crippen LogP contribution in [-0.4, -0.2) is 42.3 Å². The first-order valence-electron chi connectivity index (χ1n) is 6.07. The number of ether oxygens (including phenoxy) is 1. The summed E-state index contributed by atoms with van der Waals surface area (Å²) in [5.41, 5.74) is 1.19. The van der Waals surface area contributed by atoms with Crippen molar-refractivity contribution in [2.45, 2.75) is 13.0 Å². The van der Waals surface area contributed by atoms with E-state index >= 15 is 0 Å². The molecule has 1 aliphatic rings. The van der Waals surface area contributed by atoms with Gasteiger partial charge in [-0.2, -0.15) is 0 Å². The van der Waals surface area contributed by atoms with Crippen molar-refractivity contribution in [3.63, 3.8) is 0 Å². The van der Waals surface area contributed by atoms with E-state index < -0.39 is 11.9 Å². The van der Waals surface area contributed by atoms with Crippen molar-refractivity contribution in [2.24, 2.45) is 5.92 Å². The normalized spacial score (nSPS) is 18.6. The predicted molar refractivity (Wildman–Crippen MR) is 70.5 cm³/mol. The number of esters is 1. The molecule has 0 saturated carbocycles. The van der Waals surface area contributed by atoms with Gasteiger partial charge in [0.1, 0.15) is 11.7 Å². The molecule has 2 N–H and O–H groups in total.